The minimum Gasteiger partial charge on any atom is -0.347 e. The van der Waals surface area contributed by atoms with Gasteiger partial charge in [0.05, 0.1) is 6.26 Å². The van der Waals surface area contributed by atoms with Crippen LogP contribution in [-0.2, 0) is 29.6 Å². The Kier molecular flexibility index (Phi) is 5.77. The molecule has 0 N–H and O–H groups in total. The molecule has 0 heterocycles. The van der Waals surface area contributed by atoms with Crippen LogP contribution in [0.5, 0.6) is 0 Å². The topological polar surface area (TPSA) is 61.8 Å². The van der Waals surface area contributed by atoms with Gasteiger partial charge in [0.15, 0.2) is 0 Å². The highest BCUT2D eigenvalue weighted by Gasteiger charge is 2.41. The molecule has 0 radical (unpaired) electrons. The summed E-state index contributed by atoms with van der Waals surface area (Å²) in [5.74, 6) is -1.32. The lowest BCUT2D eigenvalue weighted by Crippen LogP contribution is -2.44. The molecule has 0 aliphatic rings. The number of rotatable bonds is 7. The van der Waals surface area contributed by atoms with Crippen molar-refractivity contribution in [3.63, 3.8) is 0 Å². The summed E-state index contributed by atoms with van der Waals surface area (Å²) in [6, 6.07) is 17.5. The first kappa shape index (κ1) is 18.6. The summed E-state index contributed by atoms with van der Waals surface area (Å²) in [5.41, 5.74) is 2.80. The maximum atomic E-state index is 11.5. The molecule has 0 aliphatic carbocycles. The average Bonchev–Trinajstić information content (AvgIpc) is 2.56. The fourth-order valence-electron chi connectivity index (χ4n) is 2.74. The molecular formula is C18H22O5S. The molecule has 5 nitrogen and oxygen atoms in total. The predicted molar refractivity (Wildman–Crippen MR) is 93.0 cm³/mol. The van der Waals surface area contributed by atoms with E-state index < -0.39 is 22.0 Å². The molecule has 0 amide bonds. The minimum absolute atomic E-state index is 0.670. The normalized spacial score (nSPS) is 13.7. The number of hydrogen-bond donors (Lipinski definition) is 0. The van der Waals surface area contributed by atoms with E-state index in [1.807, 2.05) is 54.6 Å². The minimum atomic E-state index is -3.65. The highest BCUT2D eigenvalue weighted by Crippen LogP contribution is 2.33. The Morgan fingerprint density at radius 1 is 0.875 bits per heavy atom. The lowest BCUT2D eigenvalue weighted by Gasteiger charge is -2.35. The molecule has 2 aromatic rings. The van der Waals surface area contributed by atoms with Crippen LogP contribution in [0.25, 0.3) is 11.1 Å². The Balaban J connectivity index is 2.38. The smallest absolute Gasteiger partial charge is 0.264 e. The van der Waals surface area contributed by atoms with Crippen molar-refractivity contribution in [2.75, 3.05) is 20.5 Å². The standard InChI is InChI=1S/C18H22O5S/c1-14(23-24(4,19)20)18(21-2,22-3)17-12-10-16(11-13-17)15-8-6-5-7-9-15/h5-14H,1-4H3. The summed E-state index contributed by atoms with van der Waals surface area (Å²) in [5, 5.41) is 0. The van der Waals surface area contributed by atoms with Gasteiger partial charge in [0.25, 0.3) is 10.1 Å². The van der Waals surface area contributed by atoms with Crippen molar-refractivity contribution >= 4 is 10.1 Å². The van der Waals surface area contributed by atoms with Crippen LogP contribution in [0.4, 0.5) is 0 Å². The van der Waals surface area contributed by atoms with E-state index in [1.165, 1.54) is 14.2 Å². The quantitative estimate of drug-likeness (QED) is 0.567. The monoisotopic (exact) mass is 350 g/mol. The molecule has 24 heavy (non-hydrogen) atoms. The highest BCUT2D eigenvalue weighted by molar-refractivity contribution is 7.86. The van der Waals surface area contributed by atoms with Crippen molar-refractivity contribution in [1.82, 2.24) is 0 Å². The zero-order valence-electron chi connectivity index (χ0n) is 14.2. The van der Waals surface area contributed by atoms with Crippen LogP contribution >= 0.6 is 0 Å². The summed E-state index contributed by atoms with van der Waals surface area (Å²) >= 11 is 0. The maximum absolute atomic E-state index is 11.5. The van der Waals surface area contributed by atoms with Gasteiger partial charge in [-0.2, -0.15) is 8.42 Å². The second-order valence-corrected chi connectivity index (χ2v) is 7.06. The molecule has 2 aromatic carbocycles. The number of ether oxygens (including phenoxy) is 2. The summed E-state index contributed by atoms with van der Waals surface area (Å²) in [7, 11) is -0.736. The summed E-state index contributed by atoms with van der Waals surface area (Å²) in [6.07, 6.45) is 0.142. The third-order valence-corrected chi connectivity index (χ3v) is 4.49. The first-order valence-corrected chi connectivity index (χ1v) is 9.28. The lowest BCUT2D eigenvalue weighted by atomic mass is 9.97. The zero-order chi connectivity index (χ0) is 17.8. The molecule has 6 heteroatoms. The predicted octanol–water partition coefficient (Wildman–Crippen LogP) is 3.16. The van der Waals surface area contributed by atoms with Gasteiger partial charge in [-0.3, -0.25) is 4.18 Å². The van der Waals surface area contributed by atoms with E-state index in [4.69, 9.17) is 13.7 Å². The fraction of sp³-hybridized carbons (Fsp3) is 0.333. The van der Waals surface area contributed by atoms with Crippen LogP contribution in [0.15, 0.2) is 54.6 Å². The highest BCUT2D eigenvalue weighted by atomic mass is 32.2. The van der Waals surface area contributed by atoms with Crippen molar-refractivity contribution in [1.29, 1.82) is 0 Å². The Bertz CT molecular complexity index is 750. The van der Waals surface area contributed by atoms with Crippen LogP contribution in [-0.4, -0.2) is 35.0 Å². The van der Waals surface area contributed by atoms with Crippen molar-refractivity contribution in [2.45, 2.75) is 18.8 Å². The first-order chi connectivity index (χ1) is 11.3. The van der Waals surface area contributed by atoms with Crippen LogP contribution in [0.2, 0.25) is 0 Å². The molecule has 0 saturated heterocycles. The maximum Gasteiger partial charge on any atom is 0.264 e. The van der Waals surface area contributed by atoms with E-state index in [1.54, 1.807) is 6.92 Å². The Hall–Kier alpha value is -1.73. The van der Waals surface area contributed by atoms with Crippen molar-refractivity contribution < 1.29 is 22.1 Å². The average molecular weight is 350 g/mol. The van der Waals surface area contributed by atoms with Gasteiger partial charge in [0, 0.05) is 19.8 Å². The third-order valence-electron chi connectivity index (χ3n) is 3.86. The fourth-order valence-corrected chi connectivity index (χ4v) is 3.39. The molecule has 0 saturated carbocycles. The molecule has 0 aromatic heterocycles. The van der Waals surface area contributed by atoms with Crippen molar-refractivity contribution in [3.05, 3.63) is 60.2 Å². The molecule has 0 bridgehead atoms. The largest absolute Gasteiger partial charge is 0.347 e. The van der Waals surface area contributed by atoms with Gasteiger partial charge in [-0.1, -0.05) is 54.6 Å². The van der Waals surface area contributed by atoms with Gasteiger partial charge in [-0.05, 0) is 18.1 Å². The molecule has 0 spiro atoms. The number of benzene rings is 2. The van der Waals surface area contributed by atoms with E-state index in [0.717, 1.165) is 17.4 Å². The van der Waals surface area contributed by atoms with Crippen LogP contribution in [0, 0.1) is 0 Å². The van der Waals surface area contributed by atoms with E-state index in [-0.39, 0.29) is 0 Å². The van der Waals surface area contributed by atoms with Crippen LogP contribution < -0.4 is 0 Å². The van der Waals surface area contributed by atoms with Gasteiger partial charge in [0.2, 0.25) is 5.79 Å². The summed E-state index contributed by atoms with van der Waals surface area (Å²) < 4.78 is 39.0. The van der Waals surface area contributed by atoms with E-state index in [0.29, 0.717) is 5.56 Å². The molecule has 2 rings (SSSR count). The summed E-state index contributed by atoms with van der Waals surface area (Å²) in [6.45, 7) is 1.60. The second-order valence-electron chi connectivity index (χ2n) is 5.46. The number of methoxy groups -OCH3 is 2. The van der Waals surface area contributed by atoms with Gasteiger partial charge >= 0.3 is 0 Å². The zero-order valence-corrected chi connectivity index (χ0v) is 15.0. The summed E-state index contributed by atoms with van der Waals surface area (Å²) in [4.78, 5) is 0. The van der Waals surface area contributed by atoms with Gasteiger partial charge in [0.1, 0.15) is 6.10 Å². The molecule has 1 atom stereocenters. The van der Waals surface area contributed by atoms with Crippen LogP contribution in [0.1, 0.15) is 12.5 Å². The van der Waals surface area contributed by atoms with E-state index in [9.17, 15) is 8.42 Å². The SMILES string of the molecule is COC(OC)(c1ccc(-c2ccccc2)cc1)C(C)OS(C)(=O)=O. The molecule has 130 valence electrons. The third kappa shape index (κ3) is 4.02. The molecular weight excluding hydrogens is 328 g/mol. The Labute approximate surface area is 143 Å². The molecule has 0 aliphatic heterocycles. The van der Waals surface area contributed by atoms with Crippen molar-refractivity contribution in [2.24, 2.45) is 0 Å². The van der Waals surface area contributed by atoms with Gasteiger partial charge in [-0.15, -0.1) is 0 Å². The Morgan fingerprint density at radius 3 is 1.83 bits per heavy atom. The van der Waals surface area contributed by atoms with Gasteiger partial charge < -0.3 is 9.47 Å². The Morgan fingerprint density at radius 2 is 1.38 bits per heavy atom. The van der Waals surface area contributed by atoms with E-state index in [2.05, 4.69) is 0 Å². The first-order valence-electron chi connectivity index (χ1n) is 7.47. The lowest BCUT2D eigenvalue weighted by molar-refractivity contribution is -0.257. The number of hydrogen-bond acceptors (Lipinski definition) is 5. The van der Waals surface area contributed by atoms with Crippen molar-refractivity contribution in [3.8, 4) is 11.1 Å². The molecule has 0 fully saturated rings. The van der Waals surface area contributed by atoms with Gasteiger partial charge in [-0.25, -0.2) is 0 Å². The van der Waals surface area contributed by atoms with Crippen LogP contribution in [0.3, 0.4) is 0 Å². The molecule has 1 unspecified atom stereocenters. The van der Waals surface area contributed by atoms with E-state index >= 15 is 0 Å². The second kappa shape index (κ2) is 7.44.